The van der Waals surface area contributed by atoms with E-state index >= 15 is 0 Å². The molecule has 0 aliphatic rings. The van der Waals surface area contributed by atoms with Crippen molar-refractivity contribution in [3.05, 3.63) is 129 Å². The highest BCUT2D eigenvalue weighted by Crippen LogP contribution is 2.41. The molecular formula is C36H12F12N6. The molecule has 6 nitrogen and oxygen atoms in total. The molecule has 1 aromatic heterocycles. The highest BCUT2D eigenvalue weighted by Gasteiger charge is 2.38. The van der Waals surface area contributed by atoms with Crippen LogP contribution in [0.1, 0.15) is 22.3 Å². The van der Waals surface area contributed by atoms with Gasteiger partial charge in [0.2, 0.25) is 0 Å². The number of benzene rings is 4. The van der Waals surface area contributed by atoms with E-state index in [1.165, 1.54) is 36.4 Å². The van der Waals surface area contributed by atoms with Gasteiger partial charge >= 0.3 is 24.7 Å². The van der Waals surface area contributed by atoms with Crippen LogP contribution in [-0.4, -0.2) is 9.97 Å². The zero-order valence-electron chi connectivity index (χ0n) is 26.1. The van der Waals surface area contributed by atoms with E-state index in [9.17, 15) is 52.7 Å². The summed E-state index contributed by atoms with van der Waals surface area (Å²) in [7, 11) is 0. The summed E-state index contributed by atoms with van der Waals surface area (Å²) < 4.78 is 163. The van der Waals surface area contributed by atoms with Crippen molar-refractivity contribution in [2.24, 2.45) is 10.2 Å². The van der Waals surface area contributed by atoms with Crippen molar-refractivity contribution in [3.63, 3.8) is 0 Å². The van der Waals surface area contributed by atoms with E-state index in [0.717, 1.165) is 0 Å². The number of nitrogens with zero attached hydrogens (tertiary/aromatic N) is 6. The highest BCUT2D eigenvalue weighted by molar-refractivity contribution is 6.15. The third-order valence-electron chi connectivity index (χ3n) is 8.55. The molecule has 0 fully saturated rings. The monoisotopic (exact) mass is 756 g/mol. The van der Waals surface area contributed by atoms with Crippen LogP contribution in [0.15, 0.2) is 83.0 Å². The van der Waals surface area contributed by atoms with Crippen molar-refractivity contribution in [2.45, 2.75) is 24.7 Å². The summed E-state index contributed by atoms with van der Waals surface area (Å²) in [6.45, 7) is 14.8. The van der Waals surface area contributed by atoms with Gasteiger partial charge in [0.25, 0.3) is 0 Å². The van der Waals surface area contributed by atoms with Crippen LogP contribution in [0.25, 0.3) is 75.8 Å². The Balaban J connectivity index is 1.48. The molecule has 0 radical (unpaired) electrons. The van der Waals surface area contributed by atoms with Gasteiger partial charge in [0.05, 0.1) is 43.5 Å². The van der Waals surface area contributed by atoms with E-state index in [0.29, 0.717) is 24.3 Å². The van der Waals surface area contributed by atoms with E-state index in [2.05, 4.69) is 30.1 Å². The molecule has 0 atom stereocenters. The van der Waals surface area contributed by atoms with Crippen LogP contribution < -0.4 is 10.7 Å². The van der Waals surface area contributed by atoms with E-state index in [1.54, 1.807) is 0 Å². The number of hydrogen-bond acceptors (Lipinski definition) is 4. The lowest BCUT2D eigenvalue weighted by atomic mass is 9.98. The van der Waals surface area contributed by atoms with E-state index in [-0.39, 0.29) is 77.6 Å². The number of halogens is 12. The maximum atomic E-state index is 13.6. The summed E-state index contributed by atoms with van der Waals surface area (Å²) in [5.74, 6) is 0. The molecule has 0 saturated heterocycles. The summed E-state index contributed by atoms with van der Waals surface area (Å²) in [6.07, 6.45) is -20.5. The van der Waals surface area contributed by atoms with Gasteiger partial charge < -0.3 is 0 Å². The number of rotatable bonds is 2. The van der Waals surface area contributed by atoms with E-state index < -0.39 is 58.1 Å². The van der Waals surface area contributed by atoms with Gasteiger partial charge in [-0.3, -0.25) is 0 Å². The fourth-order valence-corrected chi connectivity index (χ4v) is 6.19. The number of alkyl halides is 12. The molecule has 0 aliphatic carbocycles. The van der Waals surface area contributed by atoms with Gasteiger partial charge in [-0.2, -0.15) is 65.8 Å². The Kier molecular flexibility index (Phi) is 7.95. The third kappa shape index (κ3) is 6.09. The van der Waals surface area contributed by atoms with Gasteiger partial charge in [0.1, 0.15) is 11.0 Å². The molecule has 0 N–H and O–H groups in total. The summed E-state index contributed by atoms with van der Waals surface area (Å²) in [4.78, 5) is 15.3. The molecule has 0 spiro atoms. The van der Waals surface area contributed by atoms with Crippen molar-refractivity contribution >= 4 is 43.6 Å². The molecule has 0 bridgehead atoms. The van der Waals surface area contributed by atoms with E-state index in [4.69, 9.17) is 13.1 Å². The molecule has 0 unspecified atom stereocenters. The maximum Gasteiger partial charge on any atom is 0.416 e. The van der Waals surface area contributed by atoms with Crippen LogP contribution in [0.4, 0.5) is 52.7 Å². The summed E-state index contributed by atoms with van der Waals surface area (Å²) in [5.41, 5.74) is -7.27. The van der Waals surface area contributed by atoms with Crippen LogP contribution >= 0.6 is 0 Å². The lowest BCUT2D eigenvalue weighted by Gasteiger charge is -2.14. The molecule has 0 aliphatic heterocycles. The normalized spacial score (nSPS) is 13.7. The van der Waals surface area contributed by atoms with Crippen molar-refractivity contribution in [1.82, 2.24) is 9.97 Å². The Bertz CT molecular complexity index is 2650. The number of fused-ring (bicyclic) bond motifs is 6. The summed E-state index contributed by atoms with van der Waals surface area (Å²) >= 11 is 0. The number of aromatic nitrogens is 2. The van der Waals surface area contributed by atoms with Crippen molar-refractivity contribution in [3.8, 4) is 22.3 Å². The third-order valence-corrected chi connectivity index (χ3v) is 8.55. The highest BCUT2D eigenvalue weighted by atomic mass is 19.4. The molecular weight excluding hydrogens is 744 g/mol. The zero-order chi connectivity index (χ0) is 39.1. The Labute approximate surface area is 292 Å². The standard InChI is InChI=1S/C36H12F12N6/c1-49-53-29-25-11-15(17-7-19(33(37,38)39)13-20(8-17)34(40,41)42)3-5-23(25)27-31(29)51-28-24-6-4-16(12-26(24)30(54-50-2)32(28)52-27)18-9-21(35(43,44)45)14-22(10-18)36(46,47)48/h3-14H/b53-29-,54-30+. The van der Waals surface area contributed by atoms with Gasteiger partial charge in [-0.25, -0.2) is 9.97 Å². The maximum absolute atomic E-state index is 13.6. The quantitative estimate of drug-likeness (QED) is 0.100. The van der Waals surface area contributed by atoms with Gasteiger partial charge in [-0.15, -0.1) is 9.91 Å². The zero-order valence-corrected chi connectivity index (χ0v) is 26.1. The fourth-order valence-electron chi connectivity index (χ4n) is 6.19. The Morgan fingerprint density at radius 2 is 0.704 bits per heavy atom. The Hall–Kier alpha value is -6.56. The minimum atomic E-state index is -5.12. The smallest absolute Gasteiger partial charge is 0.241 e. The van der Waals surface area contributed by atoms with Crippen LogP contribution in [-0.2, 0) is 24.7 Å². The van der Waals surface area contributed by atoms with Crippen molar-refractivity contribution < 1.29 is 52.7 Å². The first kappa shape index (κ1) is 35.8. The second-order valence-electron chi connectivity index (χ2n) is 11.8. The molecule has 270 valence electrons. The topological polar surface area (TPSA) is 59.2 Å². The SMILES string of the molecule is [C-]#[N+]/N=c1/c2cc(-c3cc(C(F)(F)F)cc(C(F)(F)F)c3)ccc2c2nc3/c(=N/[N+]#[C-])c4cc(-c5cc(C(F)(F)F)cc(C(F)(F)F)c5)ccc4c3nc12. The van der Waals surface area contributed by atoms with Crippen LogP contribution in [0.5, 0.6) is 0 Å². The molecule has 1 heterocycles. The molecule has 7 rings (SSSR count). The first-order valence-electron chi connectivity index (χ1n) is 14.9. The predicted octanol–water partition coefficient (Wildman–Crippen LogP) is 10.8. The van der Waals surface area contributed by atoms with Gasteiger partial charge in [-0.05, 0) is 70.8 Å². The second kappa shape index (κ2) is 12.0. The molecule has 6 aromatic carbocycles. The average molecular weight is 757 g/mol. The Morgan fingerprint density at radius 3 is 0.981 bits per heavy atom. The first-order chi connectivity index (χ1) is 25.2. The lowest BCUT2D eigenvalue weighted by Crippen LogP contribution is -2.11. The van der Waals surface area contributed by atoms with Gasteiger partial charge in [-0.1, -0.05) is 24.3 Å². The minimum Gasteiger partial charge on any atom is -0.241 e. The number of hydrogen-bond donors (Lipinski definition) is 0. The lowest BCUT2D eigenvalue weighted by molar-refractivity contribution is -0.144. The molecule has 0 amide bonds. The second-order valence-corrected chi connectivity index (χ2v) is 11.8. The van der Waals surface area contributed by atoms with Crippen LogP contribution in [0.2, 0.25) is 0 Å². The van der Waals surface area contributed by atoms with Gasteiger partial charge in [0, 0.05) is 21.5 Å². The predicted molar refractivity (Wildman–Crippen MR) is 170 cm³/mol. The first-order valence-corrected chi connectivity index (χ1v) is 14.9. The molecule has 7 aromatic rings. The fraction of sp³-hybridized carbons (Fsp3) is 0.111. The van der Waals surface area contributed by atoms with Crippen molar-refractivity contribution in [1.29, 1.82) is 0 Å². The summed E-state index contributed by atoms with van der Waals surface area (Å²) in [6, 6.07) is 9.67. The molecule has 0 saturated carbocycles. The Morgan fingerprint density at radius 1 is 0.389 bits per heavy atom. The summed E-state index contributed by atoms with van der Waals surface area (Å²) in [5, 5.41) is 7.85. The van der Waals surface area contributed by atoms with Gasteiger partial charge in [0.15, 0.2) is 10.7 Å². The molecule has 54 heavy (non-hydrogen) atoms. The minimum absolute atomic E-state index is 0.0174. The molecule has 18 heteroatoms. The average Bonchev–Trinajstić information content (AvgIpc) is 3.56. The van der Waals surface area contributed by atoms with Crippen molar-refractivity contribution in [2.75, 3.05) is 0 Å². The van der Waals surface area contributed by atoms with Crippen LogP contribution in [0, 0.1) is 13.1 Å². The van der Waals surface area contributed by atoms with E-state index in [1.807, 2.05) is 0 Å². The largest absolute Gasteiger partial charge is 0.416 e. The van der Waals surface area contributed by atoms with Crippen LogP contribution in [0.3, 0.4) is 0 Å².